The lowest BCUT2D eigenvalue weighted by Crippen LogP contribution is -2.32. The van der Waals surface area contributed by atoms with Crippen LogP contribution in [0.25, 0.3) is 21.7 Å². The van der Waals surface area contributed by atoms with Crippen molar-refractivity contribution < 1.29 is 4.79 Å². The number of nitrogens with zero attached hydrogens (tertiary/aromatic N) is 3. The van der Waals surface area contributed by atoms with Crippen molar-refractivity contribution in [1.82, 2.24) is 20.2 Å². The van der Waals surface area contributed by atoms with Crippen molar-refractivity contribution in [2.45, 2.75) is 6.92 Å². The van der Waals surface area contributed by atoms with Crippen LogP contribution in [0.4, 0.5) is 10.7 Å². The van der Waals surface area contributed by atoms with Gasteiger partial charge < -0.3 is 15.5 Å². The maximum Gasteiger partial charge on any atom is 0.317 e. The third-order valence-corrected chi connectivity index (χ3v) is 5.36. The van der Waals surface area contributed by atoms with Gasteiger partial charge in [-0.25, -0.2) is 14.8 Å². The van der Waals surface area contributed by atoms with E-state index in [4.69, 9.17) is 4.98 Å². The van der Waals surface area contributed by atoms with E-state index in [-0.39, 0.29) is 6.03 Å². The van der Waals surface area contributed by atoms with E-state index in [0.717, 1.165) is 28.2 Å². The van der Waals surface area contributed by atoms with E-state index < -0.39 is 0 Å². The standard InChI is InChI=1S/C20H21N5OS/c1-14-4-2-5-15(12-14)16-13-23-19(24-18(16)17-6-3-11-27-17)21-7-9-25-10-8-22-20(25)26/h2-6,11-13H,7-10H2,1H3,(H,22,26)(H,21,23,24). The van der Waals surface area contributed by atoms with Crippen molar-refractivity contribution in [3.8, 4) is 21.7 Å². The number of benzene rings is 1. The number of rotatable bonds is 6. The molecule has 0 unspecified atom stereocenters. The van der Waals surface area contributed by atoms with Gasteiger partial charge in [-0.2, -0.15) is 0 Å². The molecular formula is C20H21N5OS. The number of thiophene rings is 1. The van der Waals surface area contributed by atoms with Crippen LogP contribution in [0.3, 0.4) is 0 Å². The predicted octanol–water partition coefficient (Wildman–Crippen LogP) is 3.62. The van der Waals surface area contributed by atoms with E-state index in [9.17, 15) is 4.79 Å². The molecule has 4 rings (SSSR count). The van der Waals surface area contributed by atoms with Crippen molar-refractivity contribution in [3.63, 3.8) is 0 Å². The minimum atomic E-state index is -0.00760. The third-order valence-electron chi connectivity index (χ3n) is 4.48. The summed E-state index contributed by atoms with van der Waals surface area (Å²) in [7, 11) is 0. The number of carbonyl (C=O) groups is 1. The molecule has 0 atom stereocenters. The van der Waals surface area contributed by atoms with Gasteiger partial charge in [-0.05, 0) is 23.9 Å². The maximum atomic E-state index is 11.6. The summed E-state index contributed by atoms with van der Waals surface area (Å²) in [5, 5.41) is 8.10. The fourth-order valence-corrected chi connectivity index (χ4v) is 3.85. The Hall–Kier alpha value is -2.93. The molecule has 0 radical (unpaired) electrons. The Morgan fingerprint density at radius 1 is 1.30 bits per heavy atom. The maximum absolute atomic E-state index is 11.6. The molecule has 27 heavy (non-hydrogen) atoms. The summed E-state index contributed by atoms with van der Waals surface area (Å²) in [5.74, 6) is 0.578. The molecule has 0 saturated carbocycles. The van der Waals surface area contributed by atoms with Crippen LogP contribution in [-0.2, 0) is 0 Å². The third kappa shape index (κ3) is 3.93. The average molecular weight is 379 g/mol. The second-order valence-electron chi connectivity index (χ2n) is 6.45. The van der Waals surface area contributed by atoms with Crippen LogP contribution in [0.5, 0.6) is 0 Å². The molecule has 6 nitrogen and oxygen atoms in total. The topological polar surface area (TPSA) is 70.2 Å². The van der Waals surface area contributed by atoms with Gasteiger partial charge in [0.2, 0.25) is 5.95 Å². The summed E-state index contributed by atoms with van der Waals surface area (Å²) in [4.78, 5) is 23.8. The molecule has 0 bridgehead atoms. The van der Waals surface area contributed by atoms with Gasteiger partial charge in [-0.15, -0.1) is 11.3 Å². The van der Waals surface area contributed by atoms with E-state index >= 15 is 0 Å². The van der Waals surface area contributed by atoms with Crippen LogP contribution in [-0.4, -0.2) is 47.1 Å². The van der Waals surface area contributed by atoms with Crippen molar-refractivity contribution in [2.24, 2.45) is 0 Å². The number of aryl methyl sites for hydroxylation is 1. The van der Waals surface area contributed by atoms with Crippen LogP contribution in [0.2, 0.25) is 0 Å². The first-order chi connectivity index (χ1) is 13.2. The Balaban J connectivity index is 1.57. The number of urea groups is 1. The lowest BCUT2D eigenvalue weighted by molar-refractivity contribution is 0.219. The molecular weight excluding hydrogens is 358 g/mol. The van der Waals surface area contributed by atoms with Crippen LogP contribution in [0, 0.1) is 6.92 Å². The molecule has 138 valence electrons. The average Bonchev–Trinajstić information content (AvgIpc) is 3.34. The lowest BCUT2D eigenvalue weighted by Gasteiger charge is -2.15. The highest BCUT2D eigenvalue weighted by Crippen LogP contribution is 2.33. The van der Waals surface area contributed by atoms with Crippen LogP contribution in [0.1, 0.15) is 5.56 Å². The van der Waals surface area contributed by atoms with Crippen LogP contribution < -0.4 is 10.6 Å². The van der Waals surface area contributed by atoms with Crippen molar-refractivity contribution >= 4 is 23.3 Å². The van der Waals surface area contributed by atoms with Gasteiger partial charge >= 0.3 is 6.03 Å². The second kappa shape index (κ2) is 7.75. The molecule has 2 amide bonds. The molecule has 1 saturated heterocycles. The first-order valence-electron chi connectivity index (χ1n) is 8.95. The molecule has 1 aliphatic heterocycles. The molecule has 3 heterocycles. The fourth-order valence-electron chi connectivity index (χ4n) is 3.12. The number of hydrogen-bond donors (Lipinski definition) is 2. The van der Waals surface area contributed by atoms with E-state index in [2.05, 4.69) is 58.3 Å². The van der Waals surface area contributed by atoms with Gasteiger partial charge in [0, 0.05) is 37.9 Å². The number of amides is 2. The largest absolute Gasteiger partial charge is 0.352 e. The summed E-state index contributed by atoms with van der Waals surface area (Å²) < 4.78 is 0. The van der Waals surface area contributed by atoms with E-state index in [1.165, 1.54) is 5.56 Å². The Kier molecular flexibility index (Phi) is 5.02. The van der Waals surface area contributed by atoms with E-state index in [1.807, 2.05) is 12.3 Å². The number of nitrogens with one attached hydrogen (secondary N) is 2. The summed E-state index contributed by atoms with van der Waals surface area (Å²) in [6.45, 7) is 4.78. The van der Waals surface area contributed by atoms with Gasteiger partial charge in [-0.1, -0.05) is 35.9 Å². The van der Waals surface area contributed by atoms with Gasteiger partial charge in [0.1, 0.15) is 0 Å². The van der Waals surface area contributed by atoms with Crippen molar-refractivity contribution in [3.05, 3.63) is 53.5 Å². The lowest BCUT2D eigenvalue weighted by atomic mass is 10.0. The van der Waals surface area contributed by atoms with E-state index in [0.29, 0.717) is 25.6 Å². The number of aromatic nitrogens is 2. The van der Waals surface area contributed by atoms with Gasteiger partial charge in [-0.3, -0.25) is 0 Å². The smallest absolute Gasteiger partial charge is 0.317 e. The van der Waals surface area contributed by atoms with Gasteiger partial charge in [0.05, 0.1) is 10.6 Å². The molecule has 1 aliphatic rings. The molecule has 3 aromatic rings. The Morgan fingerprint density at radius 2 is 2.22 bits per heavy atom. The zero-order valence-corrected chi connectivity index (χ0v) is 15.9. The van der Waals surface area contributed by atoms with Crippen LogP contribution in [0.15, 0.2) is 48.0 Å². The molecule has 0 spiro atoms. The minimum Gasteiger partial charge on any atom is -0.352 e. The molecule has 1 fully saturated rings. The fraction of sp³-hybridized carbons (Fsp3) is 0.250. The number of carbonyl (C=O) groups excluding carboxylic acids is 1. The zero-order chi connectivity index (χ0) is 18.6. The molecule has 7 heteroatoms. The first kappa shape index (κ1) is 17.5. The Labute approximate surface area is 162 Å². The summed E-state index contributed by atoms with van der Waals surface area (Å²) >= 11 is 1.66. The van der Waals surface area contributed by atoms with Gasteiger partial charge in [0.25, 0.3) is 0 Å². The highest BCUT2D eigenvalue weighted by molar-refractivity contribution is 7.13. The monoisotopic (exact) mass is 379 g/mol. The zero-order valence-electron chi connectivity index (χ0n) is 15.1. The molecule has 1 aromatic carbocycles. The first-order valence-corrected chi connectivity index (χ1v) is 9.83. The molecule has 0 aliphatic carbocycles. The van der Waals surface area contributed by atoms with E-state index in [1.54, 1.807) is 16.2 Å². The second-order valence-corrected chi connectivity index (χ2v) is 7.40. The summed E-state index contributed by atoms with van der Waals surface area (Å²) in [5.41, 5.74) is 4.26. The summed E-state index contributed by atoms with van der Waals surface area (Å²) in [6.07, 6.45) is 1.88. The molecule has 2 N–H and O–H groups in total. The number of hydrogen-bond acceptors (Lipinski definition) is 5. The quantitative estimate of drug-likeness (QED) is 0.686. The minimum absolute atomic E-state index is 0.00760. The molecule has 2 aromatic heterocycles. The van der Waals surface area contributed by atoms with Crippen molar-refractivity contribution in [2.75, 3.05) is 31.5 Å². The SMILES string of the molecule is Cc1cccc(-c2cnc(NCCN3CCNC3=O)nc2-c2cccs2)c1. The van der Waals surface area contributed by atoms with Crippen molar-refractivity contribution in [1.29, 1.82) is 0 Å². The Bertz CT molecular complexity index is 941. The van der Waals surface area contributed by atoms with Gasteiger partial charge in [0.15, 0.2) is 0 Å². The normalized spacial score (nSPS) is 13.7. The van der Waals surface area contributed by atoms with Crippen LogP contribution >= 0.6 is 11.3 Å². The number of anilines is 1. The highest BCUT2D eigenvalue weighted by atomic mass is 32.1. The Morgan fingerprint density at radius 3 is 2.96 bits per heavy atom. The predicted molar refractivity (Wildman–Crippen MR) is 109 cm³/mol. The highest BCUT2D eigenvalue weighted by Gasteiger charge is 2.18. The summed E-state index contributed by atoms with van der Waals surface area (Å²) in [6, 6.07) is 12.5.